The lowest BCUT2D eigenvalue weighted by atomic mass is 10.2. The van der Waals surface area contributed by atoms with Crippen molar-refractivity contribution < 1.29 is 14.0 Å². The topological polar surface area (TPSA) is 75.4 Å². The molecule has 4 rings (SSSR count). The first kappa shape index (κ1) is 18.6. The summed E-state index contributed by atoms with van der Waals surface area (Å²) < 4.78 is 16.7. The van der Waals surface area contributed by atoms with Crippen LogP contribution in [-0.4, -0.2) is 72.9 Å². The summed E-state index contributed by atoms with van der Waals surface area (Å²) in [4.78, 5) is 9.50. The molecule has 8 heteroatoms. The second-order valence-electron chi connectivity index (χ2n) is 6.95. The maximum Gasteiger partial charge on any atom is 0.194 e. The SMILES string of the molecule is CCNC(=NCC1COc2ccccc2O1)N1CCN(Cc2ccon2)CC1. The van der Waals surface area contributed by atoms with Crippen molar-refractivity contribution in [2.24, 2.45) is 4.99 Å². The van der Waals surface area contributed by atoms with Crippen molar-refractivity contribution in [3.8, 4) is 11.5 Å². The van der Waals surface area contributed by atoms with Crippen LogP contribution in [0.1, 0.15) is 12.6 Å². The first-order valence-corrected chi connectivity index (χ1v) is 9.85. The Morgan fingerprint density at radius 2 is 2.00 bits per heavy atom. The number of benzene rings is 1. The van der Waals surface area contributed by atoms with Gasteiger partial charge < -0.3 is 24.2 Å². The number of fused-ring (bicyclic) bond motifs is 1. The Labute approximate surface area is 165 Å². The Kier molecular flexibility index (Phi) is 5.96. The minimum Gasteiger partial charge on any atom is -0.486 e. The van der Waals surface area contributed by atoms with Gasteiger partial charge >= 0.3 is 0 Å². The zero-order chi connectivity index (χ0) is 19.2. The van der Waals surface area contributed by atoms with Gasteiger partial charge in [-0.05, 0) is 19.1 Å². The lowest BCUT2D eigenvalue weighted by Crippen LogP contribution is -2.52. The van der Waals surface area contributed by atoms with Gasteiger partial charge in [0.1, 0.15) is 12.9 Å². The van der Waals surface area contributed by atoms with Gasteiger partial charge in [-0.15, -0.1) is 0 Å². The molecule has 1 atom stereocenters. The van der Waals surface area contributed by atoms with Gasteiger partial charge in [0.15, 0.2) is 23.6 Å². The average Bonchev–Trinajstić information content (AvgIpc) is 3.25. The summed E-state index contributed by atoms with van der Waals surface area (Å²) in [6, 6.07) is 9.69. The van der Waals surface area contributed by atoms with Gasteiger partial charge in [-0.2, -0.15) is 0 Å². The van der Waals surface area contributed by atoms with E-state index in [0.29, 0.717) is 13.2 Å². The number of hydrogen-bond donors (Lipinski definition) is 1. The van der Waals surface area contributed by atoms with E-state index in [0.717, 1.165) is 62.4 Å². The van der Waals surface area contributed by atoms with Crippen LogP contribution in [0.15, 0.2) is 46.1 Å². The zero-order valence-electron chi connectivity index (χ0n) is 16.2. The highest BCUT2D eigenvalue weighted by molar-refractivity contribution is 5.80. The smallest absolute Gasteiger partial charge is 0.194 e. The number of ether oxygens (including phenoxy) is 2. The maximum absolute atomic E-state index is 6.02. The van der Waals surface area contributed by atoms with Crippen LogP contribution in [0.5, 0.6) is 11.5 Å². The van der Waals surface area contributed by atoms with Crippen LogP contribution in [0.4, 0.5) is 0 Å². The molecular weight excluding hydrogens is 358 g/mol. The standard InChI is InChI=1S/C20H27N5O3/c1-2-21-20(22-13-17-15-26-18-5-3-4-6-19(18)28-17)25-10-8-24(9-11-25)14-16-7-12-27-23-16/h3-7,12,17H,2,8-11,13-15H2,1H3,(H,21,22). The van der Waals surface area contributed by atoms with Crippen molar-refractivity contribution in [2.45, 2.75) is 19.6 Å². The summed E-state index contributed by atoms with van der Waals surface area (Å²) in [6.45, 7) is 8.62. The predicted octanol–water partition coefficient (Wildman–Crippen LogP) is 1.60. The van der Waals surface area contributed by atoms with Gasteiger partial charge in [-0.1, -0.05) is 17.3 Å². The minimum absolute atomic E-state index is 0.0722. The third-order valence-corrected chi connectivity index (χ3v) is 4.90. The Morgan fingerprint density at radius 3 is 2.75 bits per heavy atom. The van der Waals surface area contributed by atoms with Crippen LogP contribution in [0.2, 0.25) is 0 Å². The van der Waals surface area contributed by atoms with E-state index in [4.69, 9.17) is 19.0 Å². The lowest BCUT2D eigenvalue weighted by Gasteiger charge is -2.36. The van der Waals surface area contributed by atoms with E-state index in [1.54, 1.807) is 6.26 Å². The number of aromatic nitrogens is 1. The highest BCUT2D eigenvalue weighted by Crippen LogP contribution is 2.30. The molecule has 1 aromatic heterocycles. The second kappa shape index (κ2) is 8.97. The fourth-order valence-electron chi connectivity index (χ4n) is 3.43. The van der Waals surface area contributed by atoms with E-state index in [1.807, 2.05) is 30.3 Å². The molecule has 2 aliphatic rings. The molecule has 3 heterocycles. The number of nitrogens with one attached hydrogen (secondary N) is 1. The summed E-state index contributed by atoms with van der Waals surface area (Å²) in [5, 5.41) is 7.40. The molecule has 0 spiro atoms. The molecule has 0 bridgehead atoms. The van der Waals surface area contributed by atoms with Crippen LogP contribution in [0.3, 0.4) is 0 Å². The molecule has 2 aliphatic heterocycles. The first-order valence-electron chi connectivity index (χ1n) is 9.85. The fourth-order valence-corrected chi connectivity index (χ4v) is 3.43. The van der Waals surface area contributed by atoms with Crippen LogP contribution in [0, 0.1) is 0 Å². The van der Waals surface area contributed by atoms with Crippen LogP contribution >= 0.6 is 0 Å². The number of piperazine rings is 1. The van der Waals surface area contributed by atoms with Crippen LogP contribution in [-0.2, 0) is 6.54 Å². The number of hydrogen-bond acceptors (Lipinski definition) is 6. The van der Waals surface area contributed by atoms with Crippen molar-refractivity contribution in [1.29, 1.82) is 0 Å². The van der Waals surface area contributed by atoms with Crippen molar-refractivity contribution in [1.82, 2.24) is 20.3 Å². The number of aliphatic imine (C=N–C) groups is 1. The number of para-hydroxylation sites is 2. The van der Waals surface area contributed by atoms with E-state index in [-0.39, 0.29) is 6.10 Å². The molecule has 2 aromatic rings. The molecule has 8 nitrogen and oxygen atoms in total. The summed E-state index contributed by atoms with van der Waals surface area (Å²) in [7, 11) is 0. The summed E-state index contributed by atoms with van der Waals surface area (Å²) in [6.07, 6.45) is 1.55. The van der Waals surface area contributed by atoms with Gasteiger partial charge in [-0.3, -0.25) is 4.90 Å². The van der Waals surface area contributed by atoms with Crippen LogP contribution in [0.25, 0.3) is 0 Å². The van der Waals surface area contributed by atoms with Crippen molar-refractivity contribution in [3.05, 3.63) is 42.3 Å². The normalized spacial score (nSPS) is 20.2. The van der Waals surface area contributed by atoms with Crippen LogP contribution < -0.4 is 14.8 Å². The van der Waals surface area contributed by atoms with E-state index in [9.17, 15) is 0 Å². The largest absolute Gasteiger partial charge is 0.486 e. The predicted molar refractivity (Wildman–Crippen MR) is 106 cm³/mol. The van der Waals surface area contributed by atoms with Gasteiger partial charge in [-0.25, -0.2) is 4.99 Å². The summed E-state index contributed by atoms with van der Waals surface area (Å²) >= 11 is 0. The average molecular weight is 385 g/mol. The molecule has 1 unspecified atom stereocenters. The monoisotopic (exact) mass is 385 g/mol. The minimum atomic E-state index is -0.0722. The van der Waals surface area contributed by atoms with Gasteiger partial charge in [0.05, 0.1) is 12.2 Å². The molecule has 0 aliphatic carbocycles. The van der Waals surface area contributed by atoms with Gasteiger partial charge in [0, 0.05) is 45.3 Å². The number of rotatable bonds is 5. The third kappa shape index (κ3) is 4.56. The molecule has 0 saturated carbocycles. The van der Waals surface area contributed by atoms with Gasteiger partial charge in [0.25, 0.3) is 0 Å². The van der Waals surface area contributed by atoms with Crippen molar-refractivity contribution in [3.63, 3.8) is 0 Å². The number of guanidine groups is 1. The van der Waals surface area contributed by atoms with Crippen molar-refractivity contribution >= 4 is 5.96 Å². The summed E-state index contributed by atoms with van der Waals surface area (Å²) in [5.74, 6) is 2.53. The Hall–Kier alpha value is -2.74. The molecule has 1 N–H and O–H groups in total. The molecule has 1 saturated heterocycles. The molecule has 1 fully saturated rings. The molecule has 28 heavy (non-hydrogen) atoms. The lowest BCUT2D eigenvalue weighted by molar-refractivity contribution is 0.0966. The highest BCUT2D eigenvalue weighted by Gasteiger charge is 2.23. The highest BCUT2D eigenvalue weighted by atomic mass is 16.6. The Balaban J connectivity index is 1.31. The van der Waals surface area contributed by atoms with E-state index in [2.05, 4.69) is 27.2 Å². The zero-order valence-corrected chi connectivity index (χ0v) is 16.2. The second-order valence-corrected chi connectivity index (χ2v) is 6.95. The fraction of sp³-hybridized carbons (Fsp3) is 0.500. The number of nitrogens with zero attached hydrogens (tertiary/aromatic N) is 4. The van der Waals surface area contributed by atoms with Crippen molar-refractivity contribution in [2.75, 3.05) is 45.9 Å². The van der Waals surface area contributed by atoms with E-state index < -0.39 is 0 Å². The first-order chi connectivity index (χ1) is 13.8. The molecule has 0 radical (unpaired) electrons. The maximum atomic E-state index is 6.02. The molecule has 150 valence electrons. The van der Waals surface area contributed by atoms with E-state index >= 15 is 0 Å². The molecule has 0 amide bonds. The van der Waals surface area contributed by atoms with Gasteiger partial charge in [0.2, 0.25) is 0 Å². The Morgan fingerprint density at radius 1 is 1.18 bits per heavy atom. The third-order valence-electron chi connectivity index (χ3n) is 4.90. The molecule has 1 aromatic carbocycles. The Bertz CT molecular complexity index is 772. The van der Waals surface area contributed by atoms with E-state index in [1.165, 1.54) is 0 Å². The quantitative estimate of drug-likeness (QED) is 0.619. The summed E-state index contributed by atoms with van der Waals surface area (Å²) in [5.41, 5.74) is 0.976. The molecular formula is C20H27N5O3.